The minimum atomic E-state index is -4.21. The van der Waals surface area contributed by atoms with Crippen LogP contribution >= 0.6 is 15.9 Å². The van der Waals surface area contributed by atoms with Gasteiger partial charge in [-0.3, -0.25) is 4.90 Å². The Balaban J connectivity index is 2.82. The second-order valence-corrected chi connectivity index (χ2v) is 5.00. The Morgan fingerprint density at radius 3 is 2.30 bits per heavy atom. The number of hydrogen-bond donors (Lipinski definition) is 0. The van der Waals surface area contributed by atoms with E-state index in [2.05, 4.69) is 15.9 Å². The van der Waals surface area contributed by atoms with E-state index in [9.17, 15) is 13.2 Å². The van der Waals surface area contributed by atoms with Crippen molar-refractivity contribution in [3.8, 4) is 11.5 Å². The van der Waals surface area contributed by atoms with Gasteiger partial charge in [0.2, 0.25) is 0 Å². The molecule has 0 aliphatic heterocycles. The van der Waals surface area contributed by atoms with Crippen LogP contribution in [0.3, 0.4) is 0 Å². The Kier molecular flexibility index (Phi) is 6.61. The predicted octanol–water partition coefficient (Wildman–Crippen LogP) is 3.46. The van der Waals surface area contributed by atoms with Gasteiger partial charge in [-0.1, -0.05) is 22.0 Å². The predicted molar refractivity (Wildman–Crippen MR) is 74.7 cm³/mol. The third-order valence-corrected chi connectivity index (χ3v) is 3.01. The molecular weight excluding hydrogens is 339 g/mol. The van der Waals surface area contributed by atoms with Crippen LogP contribution < -0.4 is 9.47 Å². The first-order valence-corrected chi connectivity index (χ1v) is 7.07. The number of methoxy groups -OCH3 is 2. The molecule has 0 saturated carbocycles. The number of halogens is 4. The summed E-state index contributed by atoms with van der Waals surface area (Å²) in [5, 5.41) is 0.483. The molecule has 0 aromatic heterocycles. The van der Waals surface area contributed by atoms with E-state index >= 15 is 0 Å². The van der Waals surface area contributed by atoms with E-state index in [1.54, 1.807) is 18.2 Å². The normalized spacial score (nSPS) is 11.8. The lowest BCUT2D eigenvalue weighted by Gasteiger charge is -2.23. The molecule has 3 nitrogen and oxygen atoms in total. The van der Waals surface area contributed by atoms with Crippen LogP contribution in [0.25, 0.3) is 0 Å². The third kappa shape index (κ3) is 5.58. The van der Waals surface area contributed by atoms with Gasteiger partial charge < -0.3 is 9.47 Å². The maximum Gasteiger partial charge on any atom is 0.401 e. The maximum absolute atomic E-state index is 12.5. The second-order valence-electron chi connectivity index (χ2n) is 4.20. The highest BCUT2D eigenvalue weighted by Crippen LogP contribution is 2.28. The Morgan fingerprint density at radius 2 is 1.80 bits per heavy atom. The van der Waals surface area contributed by atoms with Crippen LogP contribution in [0.15, 0.2) is 18.2 Å². The quantitative estimate of drug-likeness (QED) is 0.699. The summed E-state index contributed by atoms with van der Waals surface area (Å²) in [7, 11) is 3.01. The van der Waals surface area contributed by atoms with E-state index in [1.807, 2.05) is 0 Å². The maximum atomic E-state index is 12.5. The van der Waals surface area contributed by atoms with Gasteiger partial charge in [-0.25, -0.2) is 0 Å². The van der Waals surface area contributed by atoms with Crippen molar-refractivity contribution in [3.05, 3.63) is 23.8 Å². The molecular formula is C13H17BrF3NO2. The Hall–Kier alpha value is -0.950. The first-order valence-electron chi connectivity index (χ1n) is 5.95. The van der Waals surface area contributed by atoms with Crippen molar-refractivity contribution < 1.29 is 22.6 Å². The van der Waals surface area contributed by atoms with E-state index in [4.69, 9.17) is 9.47 Å². The fourth-order valence-corrected chi connectivity index (χ4v) is 2.33. The molecule has 0 radical (unpaired) electrons. The van der Waals surface area contributed by atoms with Gasteiger partial charge in [0, 0.05) is 18.4 Å². The zero-order chi connectivity index (χ0) is 15.2. The van der Waals surface area contributed by atoms with Crippen molar-refractivity contribution in [2.45, 2.75) is 12.7 Å². The van der Waals surface area contributed by atoms with Crippen molar-refractivity contribution in [2.24, 2.45) is 0 Å². The zero-order valence-electron chi connectivity index (χ0n) is 11.3. The molecule has 0 bridgehead atoms. The van der Waals surface area contributed by atoms with E-state index in [1.165, 1.54) is 19.1 Å². The number of hydrogen-bond acceptors (Lipinski definition) is 3. The Morgan fingerprint density at radius 1 is 1.15 bits per heavy atom. The summed E-state index contributed by atoms with van der Waals surface area (Å²) in [6.07, 6.45) is -4.21. The molecule has 0 aliphatic carbocycles. The molecule has 0 atom stereocenters. The lowest BCUT2D eigenvalue weighted by molar-refractivity contribution is -0.146. The van der Waals surface area contributed by atoms with Gasteiger partial charge in [0.05, 0.1) is 20.8 Å². The van der Waals surface area contributed by atoms with Crippen molar-refractivity contribution in [1.29, 1.82) is 0 Å². The van der Waals surface area contributed by atoms with Gasteiger partial charge in [-0.05, 0) is 17.7 Å². The van der Waals surface area contributed by atoms with Crippen LogP contribution in [0.1, 0.15) is 5.56 Å². The van der Waals surface area contributed by atoms with Crippen molar-refractivity contribution in [2.75, 3.05) is 32.6 Å². The van der Waals surface area contributed by atoms with E-state index in [-0.39, 0.29) is 6.54 Å². The number of alkyl halides is 4. The topological polar surface area (TPSA) is 21.7 Å². The van der Waals surface area contributed by atoms with Gasteiger partial charge in [0.15, 0.2) is 11.5 Å². The third-order valence-electron chi connectivity index (χ3n) is 2.66. The van der Waals surface area contributed by atoms with Crippen LogP contribution in [0.5, 0.6) is 11.5 Å². The van der Waals surface area contributed by atoms with Gasteiger partial charge in [0.1, 0.15) is 0 Å². The van der Waals surface area contributed by atoms with Gasteiger partial charge in [0.25, 0.3) is 0 Å². The van der Waals surface area contributed by atoms with Crippen molar-refractivity contribution in [1.82, 2.24) is 4.90 Å². The molecule has 20 heavy (non-hydrogen) atoms. The molecule has 0 spiro atoms. The van der Waals surface area contributed by atoms with Gasteiger partial charge in [-0.2, -0.15) is 13.2 Å². The molecule has 114 valence electrons. The summed E-state index contributed by atoms with van der Waals surface area (Å²) < 4.78 is 47.7. The molecule has 7 heteroatoms. The molecule has 1 aromatic rings. The largest absolute Gasteiger partial charge is 0.493 e. The Bertz CT molecular complexity index is 427. The number of nitrogens with zero attached hydrogens (tertiary/aromatic N) is 1. The number of rotatable bonds is 7. The molecule has 0 heterocycles. The van der Waals surface area contributed by atoms with E-state index < -0.39 is 12.7 Å². The summed E-state index contributed by atoms with van der Waals surface area (Å²) in [6.45, 7) is -0.424. The van der Waals surface area contributed by atoms with Crippen LogP contribution in [0, 0.1) is 0 Å². The standard InChI is InChI=1S/C13H17BrF3NO2/c1-19-11-4-3-10(7-12(11)20-2)8-18(6-5-14)9-13(15,16)17/h3-4,7H,5-6,8-9H2,1-2H3. The summed E-state index contributed by atoms with van der Waals surface area (Å²) in [4.78, 5) is 1.33. The highest BCUT2D eigenvalue weighted by Gasteiger charge is 2.30. The van der Waals surface area contributed by atoms with Crippen LogP contribution in [-0.4, -0.2) is 43.7 Å². The molecule has 1 rings (SSSR count). The molecule has 0 fully saturated rings. The average molecular weight is 356 g/mol. The first kappa shape index (κ1) is 17.1. The van der Waals surface area contributed by atoms with Gasteiger partial charge in [-0.15, -0.1) is 0 Å². The molecule has 0 saturated heterocycles. The lowest BCUT2D eigenvalue weighted by atomic mass is 10.2. The summed E-state index contributed by atoms with van der Waals surface area (Å²) in [5.74, 6) is 1.06. The first-order chi connectivity index (χ1) is 9.39. The molecule has 0 amide bonds. The SMILES string of the molecule is COc1ccc(CN(CCBr)CC(F)(F)F)cc1OC. The summed E-state index contributed by atoms with van der Waals surface area (Å²) in [5.41, 5.74) is 0.743. The fourth-order valence-electron chi connectivity index (χ4n) is 1.82. The summed E-state index contributed by atoms with van der Waals surface area (Å²) >= 11 is 3.17. The molecule has 0 N–H and O–H groups in total. The summed E-state index contributed by atoms with van der Waals surface area (Å²) in [6, 6.07) is 5.11. The van der Waals surface area contributed by atoms with Crippen molar-refractivity contribution in [3.63, 3.8) is 0 Å². The van der Waals surface area contributed by atoms with E-state index in [0.717, 1.165) is 5.56 Å². The lowest BCUT2D eigenvalue weighted by Crippen LogP contribution is -2.35. The Labute approximate surface area is 124 Å². The van der Waals surface area contributed by atoms with Gasteiger partial charge >= 0.3 is 6.18 Å². The molecule has 0 aliphatic rings. The number of ether oxygens (including phenoxy) is 2. The molecule has 0 unspecified atom stereocenters. The smallest absolute Gasteiger partial charge is 0.401 e. The number of benzene rings is 1. The van der Waals surface area contributed by atoms with Crippen LogP contribution in [-0.2, 0) is 6.54 Å². The minimum Gasteiger partial charge on any atom is -0.493 e. The van der Waals surface area contributed by atoms with Crippen LogP contribution in [0.4, 0.5) is 13.2 Å². The minimum absolute atomic E-state index is 0.200. The highest BCUT2D eigenvalue weighted by atomic mass is 79.9. The van der Waals surface area contributed by atoms with Crippen LogP contribution in [0.2, 0.25) is 0 Å². The average Bonchev–Trinajstić information content (AvgIpc) is 2.37. The van der Waals surface area contributed by atoms with Crippen molar-refractivity contribution >= 4 is 15.9 Å². The zero-order valence-corrected chi connectivity index (χ0v) is 12.9. The molecule has 1 aromatic carbocycles. The second kappa shape index (κ2) is 7.73. The van der Waals surface area contributed by atoms with E-state index in [0.29, 0.717) is 23.4 Å². The monoisotopic (exact) mass is 355 g/mol. The highest BCUT2D eigenvalue weighted by molar-refractivity contribution is 9.09. The fraction of sp³-hybridized carbons (Fsp3) is 0.538.